The highest BCUT2D eigenvalue weighted by molar-refractivity contribution is 5.69. The largest absolute Gasteiger partial charge is 0.443 e. The fraction of sp³-hybridized carbons (Fsp3) is 0.300. The molecule has 0 radical (unpaired) electrons. The van der Waals surface area contributed by atoms with Crippen LogP contribution in [0.3, 0.4) is 0 Å². The summed E-state index contributed by atoms with van der Waals surface area (Å²) in [5.74, 6) is -8.53. The summed E-state index contributed by atoms with van der Waals surface area (Å²) in [6.07, 6.45) is -1.14. The van der Waals surface area contributed by atoms with Crippen molar-refractivity contribution < 1.29 is 31.5 Å². The third kappa shape index (κ3) is 2.09. The Kier molecular flexibility index (Phi) is 2.88. The second-order valence-corrected chi connectivity index (χ2v) is 3.71. The topological polar surface area (TPSA) is 38.3 Å². The first-order valence-corrected chi connectivity index (χ1v) is 4.77. The number of cyclic esters (lactones) is 1. The van der Waals surface area contributed by atoms with E-state index in [4.69, 9.17) is 0 Å². The van der Waals surface area contributed by atoms with E-state index in [1.165, 1.54) is 0 Å². The zero-order valence-corrected chi connectivity index (χ0v) is 8.65. The van der Waals surface area contributed by atoms with E-state index in [0.29, 0.717) is 12.1 Å². The molecule has 0 saturated carbocycles. The molecule has 1 N–H and O–H groups in total. The molecule has 0 aliphatic carbocycles. The van der Waals surface area contributed by atoms with Crippen molar-refractivity contribution in [3.63, 3.8) is 0 Å². The van der Waals surface area contributed by atoms with Gasteiger partial charge in [-0.05, 0) is 17.7 Å². The number of ether oxygens (including phenoxy) is 1. The van der Waals surface area contributed by atoms with Crippen LogP contribution in [0.4, 0.5) is 26.7 Å². The van der Waals surface area contributed by atoms with Crippen LogP contribution in [0.2, 0.25) is 0 Å². The second-order valence-electron chi connectivity index (χ2n) is 3.71. The number of carbonyl (C=O) groups excluding carboxylic acids is 1. The van der Waals surface area contributed by atoms with E-state index in [2.05, 4.69) is 4.74 Å². The summed E-state index contributed by atoms with van der Waals surface area (Å²) in [6.45, 7) is -1.22. The Morgan fingerprint density at radius 2 is 1.78 bits per heavy atom. The lowest BCUT2D eigenvalue weighted by atomic mass is 9.99. The van der Waals surface area contributed by atoms with Crippen molar-refractivity contribution in [3.8, 4) is 0 Å². The lowest BCUT2D eigenvalue weighted by Crippen LogP contribution is -2.49. The zero-order valence-electron chi connectivity index (χ0n) is 8.65. The van der Waals surface area contributed by atoms with E-state index >= 15 is 0 Å². The van der Waals surface area contributed by atoms with Crippen LogP contribution >= 0.6 is 0 Å². The maximum Gasteiger partial charge on any atom is 0.408 e. The van der Waals surface area contributed by atoms with Gasteiger partial charge in [-0.1, -0.05) is 0 Å². The van der Waals surface area contributed by atoms with Gasteiger partial charge >= 0.3 is 12.0 Å². The average molecular weight is 267 g/mol. The van der Waals surface area contributed by atoms with Gasteiger partial charge in [0.1, 0.15) is 6.04 Å². The number of amides is 1. The first-order valence-electron chi connectivity index (χ1n) is 4.77. The molecule has 1 aliphatic rings. The quantitative estimate of drug-likeness (QED) is 0.627. The van der Waals surface area contributed by atoms with Crippen molar-refractivity contribution in [1.29, 1.82) is 0 Å². The first kappa shape index (κ1) is 12.6. The fourth-order valence-electron chi connectivity index (χ4n) is 1.58. The number of nitrogens with one attached hydrogen (secondary N) is 1. The predicted octanol–water partition coefficient (Wildman–Crippen LogP) is 2.52. The lowest BCUT2D eigenvalue weighted by molar-refractivity contribution is -0.104. The van der Waals surface area contributed by atoms with Gasteiger partial charge in [0.15, 0.2) is 24.1 Å². The van der Waals surface area contributed by atoms with Crippen molar-refractivity contribution in [2.24, 2.45) is 0 Å². The van der Waals surface area contributed by atoms with Gasteiger partial charge in [0.05, 0.1) is 0 Å². The molecule has 0 spiro atoms. The van der Waals surface area contributed by atoms with E-state index in [9.17, 15) is 26.7 Å². The lowest BCUT2D eigenvalue weighted by Gasteiger charge is -2.31. The Morgan fingerprint density at radius 3 is 2.33 bits per heavy atom. The highest BCUT2D eigenvalue weighted by Gasteiger charge is 2.47. The molecule has 2 rings (SSSR count). The molecule has 1 aromatic carbocycles. The standard InChI is InChI=1S/C10H6F5NO2/c11-5-1-4(2-6(12)7(5)13)8-10(14,15)3-18-9(17)16-8/h1-2,8H,3H2,(H,16,17)/t8-/m0/s1. The Balaban J connectivity index is 2.43. The van der Waals surface area contributed by atoms with Crippen molar-refractivity contribution in [2.75, 3.05) is 6.61 Å². The van der Waals surface area contributed by atoms with Gasteiger partial charge in [-0.3, -0.25) is 0 Å². The second kappa shape index (κ2) is 4.11. The highest BCUT2D eigenvalue weighted by atomic mass is 19.3. The van der Waals surface area contributed by atoms with Gasteiger partial charge in [0.25, 0.3) is 0 Å². The van der Waals surface area contributed by atoms with Crippen LogP contribution in [0.25, 0.3) is 0 Å². The summed E-state index contributed by atoms with van der Waals surface area (Å²) in [5.41, 5.74) is -0.576. The number of rotatable bonds is 1. The molecular formula is C10H6F5NO2. The Morgan fingerprint density at radius 1 is 1.22 bits per heavy atom. The molecule has 1 amide bonds. The van der Waals surface area contributed by atoms with Crippen molar-refractivity contribution in [1.82, 2.24) is 5.32 Å². The minimum Gasteiger partial charge on any atom is -0.443 e. The Hall–Kier alpha value is -1.86. The van der Waals surface area contributed by atoms with E-state index in [-0.39, 0.29) is 0 Å². The van der Waals surface area contributed by atoms with Crippen LogP contribution in [0, 0.1) is 17.5 Å². The van der Waals surface area contributed by atoms with E-state index in [0.717, 1.165) is 0 Å². The summed E-state index contributed by atoms with van der Waals surface area (Å²) in [4.78, 5) is 10.8. The molecule has 8 heteroatoms. The SMILES string of the molecule is O=C1N[C@@H](c2cc(F)c(F)c(F)c2)C(F)(F)CO1. The van der Waals surface area contributed by atoms with Crippen LogP contribution in [-0.2, 0) is 4.74 Å². The molecule has 98 valence electrons. The van der Waals surface area contributed by atoms with Crippen LogP contribution in [0.1, 0.15) is 11.6 Å². The van der Waals surface area contributed by atoms with Crippen LogP contribution in [0.5, 0.6) is 0 Å². The van der Waals surface area contributed by atoms with Gasteiger partial charge in [-0.25, -0.2) is 26.7 Å². The van der Waals surface area contributed by atoms with Crippen molar-refractivity contribution in [3.05, 3.63) is 35.1 Å². The summed E-state index contributed by atoms with van der Waals surface area (Å²) in [5, 5.41) is 1.73. The number of hydrogen-bond acceptors (Lipinski definition) is 2. The molecule has 1 fully saturated rings. The summed E-state index contributed by atoms with van der Waals surface area (Å²) < 4.78 is 69.5. The van der Waals surface area contributed by atoms with Gasteiger partial charge in [0.2, 0.25) is 0 Å². The normalized spacial score (nSPS) is 22.3. The number of hydrogen-bond donors (Lipinski definition) is 1. The molecule has 0 unspecified atom stereocenters. The summed E-state index contributed by atoms with van der Waals surface area (Å²) in [7, 11) is 0. The van der Waals surface area contributed by atoms with Gasteiger partial charge in [-0.2, -0.15) is 0 Å². The van der Waals surface area contributed by atoms with E-state index < -0.39 is 47.7 Å². The van der Waals surface area contributed by atoms with Crippen molar-refractivity contribution >= 4 is 6.09 Å². The van der Waals surface area contributed by atoms with Crippen LogP contribution in [-0.4, -0.2) is 18.6 Å². The molecule has 1 aromatic rings. The maximum atomic E-state index is 13.4. The number of alkyl carbamates (subject to hydrolysis) is 1. The Labute approximate surface area is 97.5 Å². The minimum atomic E-state index is -3.55. The van der Waals surface area contributed by atoms with E-state index in [1.807, 2.05) is 0 Å². The smallest absolute Gasteiger partial charge is 0.408 e. The third-order valence-electron chi connectivity index (χ3n) is 2.42. The summed E-state index contributed by atoms with van der Waals surface area (Å²) in [6, 6.07) is -1.16. The fourth-order valence-corrected chi connectivity index (χ4v) is 1.58. The minimum absolute atomic E-state index is 0.405. The maximum absolute atomic E-state index is 13.4. The number of benzene rings is 1. The zero-order chi connectivity index (χ0) is 13.5. The van der Waals surface area contributed by atoms with E-state index in [1.54, 1.807) is 5.32 Å². The Bertz CT molecular complexity index is 482. The summed E-state index contributed by atoms with van der Waals surface area (Å²) >= 11 is 0. The highest BCUT2D eigenvalue weighted by Crippen LogP contribution is 2.35. The van der Waals surface area contributed by atoms with Crippen molar-refractivity contribution in [2.45, 2.75) is 12.0 Å². The third-order valence-corrected chi connectivity index (χ3v) is 2.42. The number of halogens is 5. The predicted molar refractivity (Wildman–Crippen MR) is 48.5 cm³/mol. The molecular weight excluding hydrogens is 261 g/mol. The molecule has 3 nitrogen and oxygen atoms in total. The molecule has 1 aliphatic heterocycles. The molecule has 0 bridgehead atoms. The average Bonchev–Trinajstić information content (AvgIpc) is 2.28. The monoisotopic (exact) mass is 267 g/mol. The number of carbonyl (C=O) groups is 1. The molecule has 1 heterocycles. The van der Waals surface area contributed by atoms with Crippen LogP contribution in [0.15, 0.2) is 12.1 Å². The molecule has 0 aromatic heterocycles. The first-order chi connectivity index (χ1) is 8.31. The number of alkyl halides is 2. The van der Waals surface area contributed by atoms with Gasteiger partial charge < -0.3 is 10.1 Å². The van der Waals surface area contributed by atoms with Gasteiger partial charge in [-0.15, -0.1) is 0 Å². The molecule has 18 heavy (non-hydrogen) atoms. The molecule has 1 saturated heterocycles. The van der Waals surface area contributed by atoms with Crippen LogP contribution < -0.4 is 5.32 Å². The molecule has 1 atom stereocenters. The van der Waals surface area contributed by atoms with Gasteiger partial charge in [0, 0.05) is 0 Å².